The number of pyridine rings is 1. The molecule has 0 aliphatic carbocycles. The molecule has 1 heterocycles. The number of nitrogens with zero attached hydrogens (tertiary/aromatic N) is 1. The van der Waals surface area contributed by atoms with E-state index in [1.54, 1.807) is 13.2 Å². The highest BCUT2D eigenvalue weighted by Gasteiger charge is 2.03. The maximum absolute atomic E-state index is 5.89. The Labute approximate surface area is 106 Å². The lowest BCUT2D eigenvalue weighted by Crippen LogP contribution is -2.09. The monoisotopic (exact) mass is 260 g/mol. The summed E-state index contributed by atoms with van der Waals surface area (Å²) in [4.78, 5) is 3.97. The molecule has 1 aromatic rings. The van der Waals surface area contributed by atoms with E-state index in [2.05, 4.69) is 4.98 Å². The quantitative estimate of drug-likeness (QED) is 0.722. The third kappa shape index (κ3) is 5.72. The second-order valence-corrected chi connectivity index (χ2v) is 3.77. The van der Waals surface area contributed by atoms with Gasteiger partial charge in [0.25, 0.3) is 0 Å². The summed E-state index contributed by atoms with van der Waals surface area (Å²) in [5, 5.41) is 0.407. The molecule has 0 bridgehead atoms. The summed E-state index contributed by atoms with van der Waals surface area (Å²) in [5.41, 5.74) is 6.02. The van der Waals surface area contributed by atoms with Gasteiger partial charge in [-0.25, -0.2) is 4.98 Å². The van der Waals surface area contributed by atoms with E-state index in [4.69, 9.17) is 31.5 Å². The Morgan fingerprint density at radius 1 is 1.29 bits per heavy atom. The smallest absolute Gasteiger partial charge is 0.232 e. The molecule has 0 aromatic carbocycles. The lowest BCUT2D eigenvalue weighted by molar-refractivity contribution is 0.0796. The Balaban J connectivity index is 2.14. The molecule has 0 radical (unpaired) electrons. The summed E-state index contributed by atoms with van der Waals surface area (Å²) in [5.74, 6) is 0.376. The molecule has 0 spiro atoms. The number of anilines is 1. The van der Waals surface area contributed by atoms with Crippen molar-refractivity contribution in [1.82, 2.24) is 4.98 Å². The Hall–Kier alpha value is -1.04. The summed E-state index contributed by atoms with van der Waals surface area (Å²) in [6.07, 6.45) is 2.37. The molecule has 5 nitrogen and oxygen atoms in total. The van der Waals surface area contributed by atoms with Gasteiger partial charge in [-0.2, -0.15) is 0 Å². The molecular weight excluding hydrogens is 244 g/mol. The number of halogens is 1. The Bertz CT molecular complexity index is 336. The molecule has 1 rings (SSSR count). The van der Waals surface area contributed by atoms with Crippen molar-refractivity contribution < 1.29 is 14.2 Å². The first-order valence-electron chi connectivity index (χ1n) is 5.34. The van der Waals surface area contributed by atoms with Gasteiger partial charge in [-0.05, 0) is 12.5 Å². The maximum Gasteiger partial charge on any atom is 0.232 e. The highest BCUT2D eigenvalue weighted by atomic mass is 35.5. The minimum Gasteiger partial charge on any atom is -0.474 e. The molecule has 0 fully saturated rings. The van der Waals surface area contributed by atoms with Crippen molar-refractivity contribution in [2.24, 2.45) is 0 Å². The number of rotatable bonds is 8. The van der Waals surface area contributed by atoms with Crippen LogP contribution in [0.4, 0.5) is 5.69 Å². The van der Waals surface area contributed by atoms with Gasteiger partial charge in [-0.1, -0.05) is 11.6 Å². The number of ether oxygens (including phenoxy) is 3. The molecule has 0 saturated carbocycles. The van der Waals surface area contributed by atoms with Gasteiger partial charge in [0.05, 0.1) is 18.5 Å². The van der Waals surface area contributed by atoms with Crippen molar-refractivity contribution in [3.8, 4) is 5.88 Å². The van der Waals surface area contributed by atoms with Crippen molar-refractivity contribution in [3.05, 3.63) is 17.3 Å². The van der Waals surface area contributed by atoms with E-state index in [9.17, 15) is 0 Å². The fourth-order valence-electron chi connectivity index (χ4n) is 1.15. The molecule has 1 aromatic heterocycles. The zero-order valence-corrected chi connectivity index (χ0v) is 10.6. The number of methoxy groups -OCH3 is 1. The largest absolute Gasteiger partial charge is 0.474 e. The van der Waals surface area contributed by atoms with Crippen molar-refractivity contribution in [2.45, 2.75) is 6.42 Å². The summed E-state index contributed by atoms with van der Waals surface area (Å²) in [7, 11) is 1.66. The van der Waals surface area contributed by atoms with Crippen LogP contribution in [0.1, 0.15) is 6.42 Å². The molecule has 0 aliphatic heterocycles. The van der Waals surface area contributed by atoms with Crippen LogP contribution in [-0.4, -0.2) is 38.5 Å². The summed E-state index contributed by atoms with van der Waals surface area (Å²) >= 11 is 5.89. The number of hydrogen-bond donors (Lipinski definition) is 1. The maximum atomic E-state index is 5.89. The van der Waals surface area contributed by atoms with Gasteiger partial charge in [0.1, 0.15) is 11.6 Å². The predicted molar refractivity (Wildman–Crippen MR) is 66.5 cm³/mol. The third-order valence-electron chi connectivity index (χ3n) is 1.93. The van der Waals surface area contributed by atoms with Gasteiger partial charge in [-0.3, -0.25) is 0 Å². The second kappa shape index (κ2) is 8.11. The lowest BCUT2D eigenvalue weighted by Gasteiger charge is -2.07. The fraction of sp³-hybridized carbons (Fsp3) is 0.545. The average Bonchev–Trinajstić information content (AvgIpc) is 2.30. The lowest BCUT2D eigenvalue weighted by atomic mass is 10.4. The average molecular weight is 261 g/mol. The van der Waals surface area contributed by atoms with Crippen LogP contribution in [0.2, 0.25) is 5.02 Å². The molecule has 2 N–H and O–H groups in total. The van der Waals surface area contributed by atoms with Crippen molar-refractivity contribution >= 4 is 17.3 Å². The van der Waals surface area contributed by atoms with Gasteiger partial charge >= 0.3 is 0 Å². The molecule has 17 heavy (non-hydrogen) atoms. The van der Waals surface area contributed by atoms with Gasteiger partial charge in [0, 0.05) is 20.3 Å². The number of nitrogens with two attached hydrogens (primary N) is 1. The minimum atomic E-state index is 0.376. The van der Waals surface area contributed by atoms with E-state index in [0.717, 1.165) is 6.42 Å². The molecule has 96 valence electrons. The van der Waals surface area contributed by atoms with Crippen molar-refractivity contribution in [1.29, 1.82) is 0 Å². The van der Waals surface area contributed by atoms with Crippen LogP contribution >= 0.6 is 11.6 Å². The molecule has 0 unspecified atom stereocenters. The van der Waals surface area contributed by atoms with Crippen LogP contribution in [0.15, 0.2) is 12.3 Å². The third-order valence-corrected chi connectivity index (χ3v) is 2.20. The first-order valence-corrected chi connectivity index (χ1v) is 5.72. The standard InChI is InChI=1S/C11H17ClN2O3/c1-15-3-2-4-16-5-6-17-11-10(12)7-9(13)8-14-11/h7-8H,2-6,13H2,1H3. The van der Waals surface area contributed by atoms with E-state index in [0.29, 0.717) is 43.0 Å². The van der Waals surface area contributed by atoms with Crippen LogP contribution in [-0.2, 0) is 9.47 Å². The van der Waals surface area contributed by atoms with E-state index in [1.807, 2.05) is 0 Å². The van der Waals surface area contributed by atoms with E-state index >= 15 is 0 Å². The van der Waals surface area contributed by atoms with Gasteiger partial charge in [-0.15, -0.1) is 0 Å². The zero-order chi connectivity index (χ0) is 12.5. The number of hydrogen-bond acceptors (Lipinski definition) is 5. The first-order chi connectivity index (χ1) is 8.24. The normalized spacial score (nSPS) is 10.5. The van der Waals surface area contributed by atoms with Crippen LogP contribution in [0.5, 0.6) is 5.88 Å². The number of aromatic nitrogens is 1. The van der Waals surface area contributed by atoms with E-state index in [-0.39, 0.29) is 0 Å². The SMILES string of the molecule is COCCCOCCOc1ncc(N)cc1Cl. The Morgan fingerprint density at radius 3 is 2.82 bits per heavy atom. The molecule has 6 heteroatoms. The first kappa shape index (κ1) is 14.0. The minimum absolute atomic E-state index is 0.376. The van der Waals surface area contributed by atoms with Crippen LogP contribution < -0.4 is 10.5 Å². The highest BCUT2D eigenvalue weighted by molar-refractivity contribution is 6.32. The van der Waals surface area contributed by atoms with Crippen LogP contribution in [0.3, 0.4) is 0 Å². The molecule has 0 saturated heterocycles. The molecule has 0 aliphatic rings. The van der Waals surface area contributed by atoms with E-state index < -0.39 is 0 Å². The Morgan fingerprint density at radius 2 is 2.12 bits per heavy atom. The fourth-order valence-corrected chi connectivity index (χ4v) is 1.38. The summed E-state index contributed by atoms with van der Waals surface area (Å²) in [6.45, 7) is 2.25. The van der Waals surface area contributed by atoms with E-state index in [1.165, 1.54) is 6.20 Å². The van der Waals surface area contributed by atoms with Gasteiger partial charge < -0.3 is 19.9 Å². The second-order valence-electron chi connectivity index (χ2n) is 3.36. The number of nitrogen functional groups attached to an aromatic ring is 1. The van der Waals surface area contributed by atoms with Gasteiger partial charge in [0.2, 0.25) is 5.88 Å². The zero-order valence-electron chi connectivity index (χ0n) is 9.82. The molecule has 0 amide bonds. The summed E-state index contributed by atoms with van der Waals surface area (Å²) < 4.78 is 15.6. The molecule has 0 atom stereocenters. The van der Waals surface area contributed by atoms with Crippen LogP contribution in [0.25, 0.3) is 0 Å². The molecular formula is C11H17ClN2O3. The Kier molecular flexibility index (Phi) is 6.69. The highest BCUT2D eigenvalue weighted by Crippen LogP contribution is 2.22. The topological polar surface area (TPSA) is 66.6 Å². The summed E-state index contributed by atoms with van der Waals surface area (Å²) in [6, 6.07) is 1.60. The van der Waals surface area contributed by atoms with Crippen molar-refractivity contribution in [3.63, 3.8) is 0 Å². The predicted octanol–water partition coefficient (Wildman–Crippen LogP) is 1.75. The van der Waals surface area contributed by atoms with Crippen molar-refractivity contribution in [2.75, 3.05) is 39.3 Å². The van der Waals surface area contributed by atoms with Gasteiger partial charge in [0.15, 0.2) is 0 Å². The van der Waals surface area contributed by atoms with Crippen LogP contribution in [0, 0.1) is 0 Å².